The molecule has 1 amide bonds. The molecule has 0 aromatic heterocycles. The summed E-state index contributed by atoms with van der Waals surface area (Å²) in [6.45, 7) is 6.91. The minimum absolute atomic E-state index is 0.107. The van der Waals surface area contributed by atoms with Gasteiger partial charge in [-0.15, -0.1) is 0 Å². The lowest BCUT2D eigenvalue weighted by molar-refractivity contribution is -0.142. The van der Waals surface area contributed by atoms with Crippen LogP contribution in [0.25, 0.3) is 0 Å². The summed E-state index contributed by atoms with van der Waals surface area (Å²) in [5.41, 5.74) is 0.559. The average Bonchev–Trinajstić information content (AvgIpc) is 2.59. The lowest BCUT2D eigenvalue weighted by Gasteiger charge is -2.22. The van der Waals surface area contributed by atoms with Gasteiger partial charge in [-0.25, -0.2) is 4.79 Å². The molecular formula is C19H31N3O4. The van der Waals surface area contributed by atoms with E-state index in [9.17, 15) is 9.59 Å². The first-order chi connectivity index (χ1) is 12.2. The lowest BCUT2D eigenvalue weighted by Crippen LogP contribution is -2.48. The maximum Gasteiger partial charge on any atom is 0.407 e. The van der Waals surface area contributed by atoms with Crippen molar-refractivity contribution in [2.24, 2.45) is 0 Å². The number of carbonyl (C=O) groups is 2. The molecule has 0 aliphatic heterocycles. The number of carbonyl (C=O) groups excluding carboxylic acids is 2. The molecule has 7 heteroatoms. The molecule has 0 aliphatic carbocycles. The maximum atomic E-state index is 11.9. The van der Waals surface area contributed by atoms with Crippen molar-refractivity contribution >= 4 is 17.7 Å². The molecule has 0 spiro atoms. The number of rotatable bonds is 9. The normalized spacial score (nSPS) is 12.2. The Labute approximate surface area is 156 Å². The number of hydrogen-bond donors (Lipinski definition) is 2. The first kappa shape index (κ1) is 21.8. The van der Waals surface area contributed by atoms with Gasteiger partial charge in [0.05, 0.1) is 7.11 Å². The molecule has 1 unspecified atom stereocenters. The summed E-state index contributed by atoms with van der Waals surface area (Å²) in [6.07, 6.45) is 0.280. The van der Waals surface area contributed by atoms with Crippen LogP contribution in [0.3, 0.4) is 0 Å². The second-order valence-electron chi connectivity index (χ2n) is 7.02. The molecule has 0 aliphatic rings. The number of alkyl carbamates (subject to hydrolysis) is 1. The molecule has 0 saturated carbocycles. The van der Waals surface area contributed by atoms with Gasteiger partial charge in [0.15, 0.2) is 0 Å². The Balaban J connectivity index is 2.38. The molecule has 0 bridgehead atoms. The predicted octanol–water partition coefficient (Wildman–Crippen LogP) is 2.17. The van der Waals surface area contributed by atoms with Gasteiger partial charge in [-0.05, 0) is 45.9 Å². The summed E-state index contributed by atoms with van der Waals surface area (Å²) in [5, 5.41) is 5.72. The summed E-state index contributed by atoms with van der Waals surface area (Å²) in [7, 11) is 3.35. The smallest absolute Gasteiger partial charge is 0.407 e. The minimum atomic E-state index is -0.616. The number of nitrogens with one attached hydrogen (secondary N) is 2. The van der Waals surface area contributed by atoms with Gasteiger partial charge in [0.2, 0.25) is 0 Å². The van der Waals surface area contributed by atoms with Crippen molar-refractivity contribution in [2.75, 3.05) is 38.7 Å². The van der Waals surface area contributed by atoms with E-state index in [0.717, 1.165) is 18.7 Å². The van der Waals surface area contributed by atoms with E-state index in [1.807, 2.05) is 25.2 Å². The van der Waals surface area contributed by atoms with Gasteiger partial charge in [0.1, 0.15) is 11.6 Å². The highest BCUT2D eigenvalue weighted by molar-refractivity contribution is 5.77. The monoisotopic (exact) mass is 365 g/mol. The van der Waals surface area contributed by atoms with E-state index in [1.165, 1.54) is 7.11 Å². The highest BCUT2D eigenvalue weighted by Gasteiger charge is 2.21. The SMILES string of the molecule is COC(=O)C(CNC(=O)OC(C)(C)C)NCCCN(C)c1ccccc1. The van der Waals surface area contributed by atoms with Gasteiger partial charge in [0, 0.05) is 25.8 Å². The fraction of sp³-hybridized carbons (Fsp3) is 0.579. The van der Waals surface area contributed by atoms with E-state index < -0.39 is 23.7 Å². The Kier molecular flexibility index (Phi) is 8.92. The number of nitrogens with zero attached hydrogens (tertiary/aromatic N) is 1. The van der Waals surface area contributed by atoms with Gasteiger partial charge in [0.25, 0.3) is 0 Å². The molecule has 7 nitrogen and oxygen atoms in total. The molecule has 146 valence electrons. The van der Waals surface area contributed by atoms with Crippen LogP contribution >= 0.6 is 0 Å². The van der Waals surface area contributed by atoms with Crippen LogP contribution in [0.15, 0.2) is 30.3 Å². The fourth-order valence-corrected chi connectivity index (χ4v) is 2.28. The lowest BCUT2D eigenvalue weighted by atomic mass is 10.2. The summed E-state index contributed by atoms with van der Waals surface area (Å²) in [6, 6.07) is 9.47. The second kappa shape index (κ2) is 10.7. The number of anilines is 1. The molecule has 1 aromatic rings. The Morgan fingerprint density at radius 1 is 1.19 bits per heavy atom. The molecular weight excluding hydrogens is 334 g/mol. The van der Waals surface area contributed by atoms with Gasteiger partial charge in [-0.1, -0.05) is 18.2 Å². The number of amides is 1. The largest absolute Gasteiger partial charge is 0.468 e. The summed E-state index contributed by atoms with van der Waals surface area (Å²) < 4.78 is 9.96. The van der Waals surface area contributed by atoms with E-state index in [2.05, 4.69) is 27.7 Å². The van der Waals surface area contributed by atoms with Crippen LogP contribution in [0, 0.1) is 0 Å². The summed E-state index contributed by atoms with van der Waals surface area (Å²) in [5.74, 6) is -0.419. The van der Waals surface area contributed by atoms with Crippen LogP contribution in [0.2, 0.25) is 0 Å². The van der Waals surface area contributed by atoms with Crippen molar-refractivity contribution in [3.8, 4) is 0 Å². The number of ether oxygens (including phenoxy) is 2. The van der Waals surface area contributed by atoms with Crippen LogP contribution in [0.5, 0.6) is 0 Å². The summed E-state index contributed by atoms with van der Waals surface area (Å²) >= 11 is 0. The van der Waals surface area contributed by atoms with E-state index in [-0.39, 0.29) is 6.54 Å². The first-order valence-electron chi connectivity index (χ1n) is 8.77. The zero-order chi connectivity index (χ0) is 19.6. The third-order valence-corrected chi connectivity index (χ3v) is 3.59. The van der Waals surface area contributed by atoms with Gasteiger partial charge in [-0.2, -0.15) is 0 Å². The third kappa shape index (κ3) is 8.71. The van der Waals surface area contributed by atoms with Crippen LogP contribution in [0.4, 0.5) is 10.5 Å². The number of esters is 1. The standard InChI is InChI=1S/C19H31N3O4/c1-19(2,3)26-18(24)21-14-16(17(23)25-5)20-12-9-13-22(4)15-10-7-6-8-11-15/h6-8,10-11,16,20H,9,12-14H2,1-5H3,(H,21,24). The zero-order valence-corrected chi connectivity index (χ0v) is 16.4. The van der Waals surface area contributed by atoms with Crippen LogP contribution in [-0.2, 0) is 14.3 Å². The first-order valence-corrected chi connectivity index (χ1v) is 8.77. The van der Waals surface area contributed by atoms with E-state index in [4.69, 9.17) is 9.47 Å². The molecule has 1 aromatic carbocycles. The number of para-hydroxylation sites is 1. The Bertz CT molecular complexity index is 558. The van der Waals surface area contributed by atoms with E-state index in [1.54, 1.807) is 20.8 Å². The topological polar surface area (TPSA) is 79.9 Å². The molecule has 2 N–H and O–H groups in total. The van der Waals surface area contributed by atoms with Gasteiger partial charge < -0.3 is 25.0 Å². The van der Waals surface area contributed by atoms with Crippen molar-refractivity contribution in [1.29, 1.82) is 0 Å². The third-order valence-electron chi connectivity index (χ3n) is 3.59. The summed E-state index contributed by atoms with van der Waals surface area (Å²) in [4.78, 5) is 25.7. The molecule has 26 heavy (non-hydrogen) atoms. The van der Waals surface area contributed by atoms with Crippen molar-refractivity contribution in [1.82, 2.24) is 10.6 Å². The second-order valence-corrected chi connectivity index (χ2v) is 7.02. The highest BCUT2D eigenvalue weighted by atomic mass is 16.6. The van der Waals surface area contributed by atoms with Gasteiger partial charge >= 0.3 is 12.1 Å². The van der Waals surface area contributed by atoms with Crippen molar-refractivity contribution in [3.63, 3.8) is 0 Å². The molecule has 0 saturated heterocycles. The number of hydrogen-bond acceptors (Lipinski definition) is 6. The molecule has 1 atom stereocenters. The molecule has 0 heterocycles. The quantitative estimate of drug-likeness (QED) is 0.516. The van der Waals surface area contributed by atoms with Crippen molar-refractivity contribution in [3.05, 3.63) is 30.3 Å². The average molecular weight is 365 g/mol. The zero-order valence-electron chi connectivity index (χ0n) is 16.4. The Morgan fingerprint density at radius 3 is 2.42 bits per heavy atom. The highest BCUT2D eigenvalue weighted by Crippen LogP contribution is 2.10. The molecule has 0 radical (unpaired) electrons. The van der Waals surface area contributed by atoms with Crippen molar-refractivity contribution < 1.29 is 19.1 Å². The minimum Gasteiger partial charge on any atom is -0.468 e. The Morgan fingerprint density at radius 2 is 1.85 bits per heavy atom. The molecule has 0 fully saturated rings. The van der Waals surface area contributed by atoms with Crippen molar-refractivity contribution in [2.45, 2.75) is 38.8 Å². The predicted molar refractivity (Wildman–Crippen MR) is 102 cm³/mol. The number of methoxy groups -OCH3 is 1. The fourth-order valence-electron chi connectivity index (χ4n) is 2.28. The Hall–Kier alpha value is -2.28. The molecule has 1 rings (SSSR count). The van der Waals surface area contributed by atoms with E-state index in [0.29, 0.717) is 6.54 Å². The van der Waals surface area contributed by atoms with Crippen LogP contribution in [-0.4, -0.2) is 57.5 Å². The van der Waals surface area contributed by atoms with Crippen LogP contribution < -0.4 is 15.5 Å². The van der Waals surface area contributed by atoms with Crippen LogP contribution in [0.1, 0.15) is 27.2 Å². The van der Waals surface area contributed by atoms with Gasteiger partial charge in [-0.3, -0.25) is 4.79 Å². The number of benzene rings is 1. The van der Waals surface area contributed by atoms with E-state index >= 15 is 0 Å². The maximum absolute atomic E-state index is 11.9.